The Balaban J connectivity index is 1.37. The van der Waals surface area contributed by atoms with Crippen LogP contribution in [-0.4, -0.2) is 38.2 Å². The molecule has 7 heteroatoms. The molecule has 26 heavy (non-hydrogen) atoms. The molecular weight excluding hydrogens is 330 g/mol. The van der Waals surface area contributed by atoms with Crippen LogP contribution in [0.5, 0.6) is 0 Å². The fourth-order valence-electron chi connectivity index (χ4n) is 3.58. The van der Waals surface area contributed by atoms with Crippen LogP contribution in [-0.2, 0) is 20.1 Å². The molecule has 3 aromatic heterocycles. The zero-order valence-electron chi connectivity index (χ0n) is 14.8. The van der Waals surface area contributed by atoms with Gasteiger partial charge < -0.3 is 14.3 Å². The Morgan fingerprint density at radius 2 is 2.31 bits per heavy atom. The first-order valence-corrected chi connectivity index (χ1v) is 8.86. The van der Waals surface area contributed by atoms with Gasteiger partial charge in [-0.1, -0.05) is 0 Å². The van der Waals surface area contributed by atoms with Gasteiger partial charge in [0, 0.05) is 51.2 Å². The van der Waals surface area contributed by atoms with Gasteiger partial charge in [0.1, 0.15) is 5.69 Å². The van der Waals surface area contributed by atoms with E-state index in [0.717, 1.165) is 26.1 Å². The van der Waals surface area contributed by atoms with E-state index >= 15 is 0 Å². The topological polar surface area (TPSA) is 68.2 Å². The van der Waals surface area contributed by atoms with Crippen molar-refractivity contribution in [1.29, 1.82) is 0 Å². The maximum atomic E-state index is 12.3. The molecule has 4 rings (SSSR count). The van der Waals surface area contributed by atoms with Gasteiger partial charge in [-0.3, -0.25) is 14.4 Å². The standard InChI is InChI=1S/C19H23N5O2/c1-22-9-2-3-18(22)19(25)20-7-4-16-12-23(11-15-6-10-26-14-15)13-17-5-8-21-24(16)17/h2-3,5-6,8-10,14,16H,4,7,11-13H2,1H3,(H,20,25). The third-order valence-corrected chi connectivity index (χ3v) is 4.88. The summed E-state index contributed by atoms with van der Waals surface area (Å²) < 4.78 is 9.11. The van der Waals surface area contributed by atoms with E-state index in [1.54, 1.807) is 12.5 Å². The van der Waals surface area contributed by atoms with E-state index in [2.05, 4.69) is 26.1 Å². The summed E-state index contributed by atoms with van der Waals surface area (Å²) >= 11 is 0. The Morgan fingerprint density at radius 3 is 3.08 bits per heavy atom. The first kappa shape index (κ1) is 16.7. The molecule has 1 amide bonds. The third-order valence-electron chi connectivity index (χ3n) is 4.88. The Bertz CT molecular complexity index is 864. The molecule has 1 aliphatic rings. The lowest BCUT2D eigenvalue weighted by molar-refractivity contribution is 0.0939. The summed E-state index contributed by atoms with van der Waals surface area (Å²) in [5.74, 6) is -0.0377. The van der Waals surface area contributed by atoms with E-state index in [1.165, 1.54) is 11.3 Å². The second kappa shape index (κ2) is 7.21. The number of furan rings is 1. The number of carbonyl (C=O) groups excluding carboxylic acids is 1. The maximum absolute atomic E-state index is 12.3. The summed E-state index contributed by atoms with van der Waals surface area (Å²) in [4.78, 5) is 14.7. The molecule has 0 radical (unpaired) electrons. The van der Waals surface area contributed by atoms with Crippen LogP contribution in [0.2, 0.25) is 0 Å². The van der Waals surface area contributed by atoms with Crippen molar-refractivity contribution in [3.8, 4) is 0 Å². The zero-order chi connectivity index (χ0) is 17.9. The molecule has 0 saturated carbocycles. The van der Waals surface area contributed by atoms with Gasteiger partial charge in [0.25, 0.3) is 5.91 Å². The Kier molecular flexibility index (Phi) is 4.62. The first-order chi connectivity index (χ1) is 12.7. The molecule has 3 aromatic rings. The van der Waals surface area contributed by atoms with Crippen LogP contribution >= 0.6 is 0 Å². The van der Waals surface area contributed by atoms with Gasteiger partial charge in [-0.25, -0.2) is 0 Å². The lowest BCUT2D eigenvalue weighted by Gasteiger charge is -2.33. The summed E-state index contributed by atoms with van der Waals surface area (Å²) in [5, 5.41) is 7.51. The molecule has 4 heterocycles. The second-order valence-corrected chi connectivity index (χ2v) is 6.77. The van der Waals surface area contributed by atoms with E-state index in [4.69, 9.17) is 4.42 Å². The molecule has 0 fully saturated rings. The molecule has 0 saturated heterocycles. The van der Waals surface area contributed by atoms with E-state index in [1.807, 2.05) is 42.2 Å². The number of aryl methyl sites for hydroxylation is 1. The van der Waals surface area contributed by atoms with Gasteiger partial charge in [0.05, 0.1) is 24.3 Å². The smallest absolute Gasteiger partial charge is 0.267 e. The zero-order valence-corrected chi connectivity index (χ0v) is 14.8. The molecule has 0 spiro atoms. The number of nitrogens with zero attached hydrogens (tertiary/aromatic N) is 4. The average Bonchev–Trinajstić information content (AvgIpc) is 3.36. The fourth-order valence-corrected chi connectivity index (χ4v) is 3.58. The minimum atomic E-state index is -0.0377. The van der Waals surface area contributed by atoms with Gasteiger partial charge in [-0.15, -0.1) is 0 Å². The molecule has 1 unspecified atom stereocenters. The highest BCUT2D eigenvalue weighted by Crippen LogP contribution is 2.24. The van der Waals surface area contributed by atoms with Crippen LogP contribution in [0.4, 0.5) is 0 Å². The van der Waals surface area contributed by atoms with Crippen LogP contribution in [0.1, 0.15) is 34.2 Å². The molecule has 7 nitrogen and oxygen atoms in total. The van der Waals surface area contributed by atoms with E-state index < -0.39 is 0 Å². The summed E-state index contributed by atoms with van der Waals surface area (Å²) in [6, 6.07) is 8.01. The van der Waals surface area contributed by atoms with Crippen molar-refractivity contribution in [2.24, 2.45) is 7.05 Å². The highest BCUT2D eigenvalue weighted by atomic mass is 16.3. The summed E-state index contributed by atoms with van der Waals surface area (Å²) in [5.41, 5.74) is 3.06. The lowest BCUT2D eigenvalue weighted by atomic mass is 10.1. The Hall–Kier alpha value is -2.80. The normalized spacial score (nSPS) is 17.2. The largest absolute Gasteiger partial charge is 0.472 e. The second-order valence-electron chi connectivity index (χ2n) is 6.77. The van der Waals surface area contributed by atoms with E-state index in [9.17, 15) is 4.79 Å². The van der Waals surface area contributed by atoms with Crippen LogP contribution < -0.4 is 5.32 Å². The van der Waals surface area contributed by atoms with Crippen LogP contribution in [0, 0.1) is 0 Å². The molecule has 1 N–H and O–H groups in total. The number of rotatable bonds is 6. The number of aromatic nitrogens is 3. The molecule has 0 aliphatic carbocycles. The molecule has 1 aliphatic heterocycles. The number of hydrogen-bond acceptors (Lipinski definition) is 4. The highest BCUT2D eigenvalue weighted by Gasteiger charge is 2.25. The SMILES string of the molecule is Cn1cccc1C(=O)NCCC1CN(Cc2ccoc2)Cc2ccnn21. The van der Waals surface area contributed by atoms with Crippen molar-refractivity contribution >= 4 is 5.91 Å². The fraction of sp³-hybridized carbons (Fsp3) is 0.368. The summed E-state index contributed by atoms with van der Waals surface area (Å²) in [6.45, 7) is 3.25. The van der Waals surface area contributed by atoms with Crippen LogP contribution in [0.15, 0.2) is 53.6 Å². The maximum Gasteiger partial charge on any atom is 0.267 e. The Labute approximate surface area is 152 Å². The van der Waals surface area contributed by atoms with Crippen molar-refractivity contribution in [3.63, 3.8) is 0 Å². The van der Waals surface area contributed by atoms with Crippen molar-refractivity contribution in [2.45, 2.75) is 25.6 Å². The Morgan fingerprint density at radius 1 is 1.38 bits per heavy atom. The third kappa shape index (κ3) is 3.43. The molecule has 0 aromatic carbocycles. The monoisotopic (exact) mass is 353 g/mol. The molecular formula is C19H23N5O2. The van der Waals surface area contributed by atoms with Crippen LogP contribution in [0.25, 0.3) is 0 Å². The van der Waals surface area contributed by atoms with Crippen molar-refractivity contribution in [3.05, 3.63) is 66.1 Å². The summed E-state index contributed by atoms with van der Waals surface area (Å²) in [7, 11) is 1.87. The van der Waals surface area contributed by atoms with Gasteiger partial charge in [-0.05, 0) is 30.7 Å². The van der Waals surface area contributed by atoms with Gasteiger partial charge in [0.15, 0.2) is 0 Å². The highest BCUT2D eigenvalue weighted by molar-refractivity contribution is 5.92. The number of carbonyl (C=O) groups is 1. The first-order valence-electron chi connectivity index (χ1n) is 8.86. The van der Waals surface area contributed by atoms with Gasteiger partial charge >= 0.3 is 0 Å². The quantitative estimate of drug-likeness (QED) is 0.738. The predicted octanol–water partition coefficient (Wildman–Crippen LogP) is 2.19. The van der Waals surface area contributed by atoms with E-state index in [-0.39, 0.29) is 11.9 Å². The molecule has 0 bridgehead atoms. The molecule has 1 atom stereocenters. The minimum absolute atomic E-state index is 0.0377. The molecule has 136 valence electrons. The van der Waals surface area contributed by atoms with Gasteiger partial charge in [0.2, 0.25) is 0 Å². The number of hydrogen-bond donors (Lipinski definition) is 1. The predicted molar refractivity (Wildman–Crippen MR) is 96.4 cm³/mol. The number of fused-ring (bicyclic) bond motifs is 1. The van der Waals surface area contributed by atoms with Crippen molar-refractivity contribution in [1.82, 2.24) is 24.6 Å². The number of amides is 1. The van der Waals surface area contributed by atoms with Gasteiger partial charge in [-0.2, -0.15) is 5.10 Å². The average molecular weight is 353 g/mol. The van der Waals surface area contributed by atoms with Crippen molar-refractivity contribution in [2.75, 3.05) is 13.1 Å². The van der Waals surface area contributed by atoms with Crippen molar-refractivity contribution < 1.29 is 9.21 Å². The lowest BCUT2D eigenvalue weighted by Crippen LogP contribution is -2.39. The number of nitrogens with one attached hydrogen (secondary N) is 1. The van der Waals surface area contributed by atoms with Crippen LogP contribution in [0.3, 0.4) is 0 Å². The summed E-state index contributed by atoms with van der Waals surface area (Å²) in [6.07, 6.45) is 8.07. The minimum Gasteiger partial charge on any atom is -0.472 e. The van der Waals surface area contributed by atoms with E-state index in [0.29, 0.717) is 12.2 Å².